The Morgan fingerprint density at radius 2 is 1.86 bits per heavy atom. The number of rotatable bonds is 3. The number of anilines is 1. The molecule has 28 heavy (non-hydrogen) atoms. The zero-order chi connectivity index (χ0) is 20.6. The van der Waals surface area contributed by atoms with E-state index in [1.165, 1.54) is 18.2 Å². The Bertz CT molecular complexity index is 1080. The molecule has 9 nitrogen and oxygen atoms in total. The molecule has 0 aromatic heterocycles. The number of amides is 4. The molecule has 0 radical (unpaired) electrons. The van der Waals surface area contributed by atoms with Crippen LogP contribution in [0.25, 0.3) is 6.08 Å². The van der Waals surface area contributed by atoms with E-state index in [1.807, 2.05) is 5.32 Å². The van der Waals surface area contributed by atoms with E-state index in [0.717, 1.165) is 28.7 Å². The standard InChI is InChI=1S/C18H12ClN3O6/c1-9-2-4-11(8-13(9)19)21-17(25)12(16(24)20-18(21)26)6-10-3-5-15(23)14(7-10)22(27)28/h2-8,23H,1H3,(H,20,24,26)/p-1/b12-6-. The van der Waals surface area contributed by atoms with Crippen LogP contribution < -0.4 is 15.3 Å². The van der Waals surface area contributed by atoms with Crippen molar-refractivity contribution in [3.63, 3.8) is 0 Å². The summed E-state index contributed by atoms with van der Waals surface area (Å²) < 4.78 is 0. The summed E-state index contributed by atoms with van der Waals surface area (Å²) in [7, 11) is 0. The van der Waals surface area contributed by atoms with Gasteiger partial charge in [0.1, 0.15) is 5.57 Å². The largest absolute Gasteiger partial charge is 0.868 e. The summed E-state index contributed by atoms with van der Waals surface area (Å²) in [6, 6.07) is 6.67. The third-order valence-electron chi connectivity index (χ3n) is 4.01. The molecule has 1 N–H and O–H groups in total. The van der Waals surface area contributed by atoms with Gasteiger partial charge in [-0.15, -0.1) is 0 Å². The maximum atomic E-state index is 12.8. The van der Waals surface area contributed by atoms with Crippen LogP contribution in [0.15, 0.2) is 42.0 Å². The Morgan fingerprint density at radius 1 is 1.14 bits per heavy atom. The van der Waals surface area contributed by atoms with Gasteiger partial charge in [0.25, 0.3) is 17.5 Å². The summed E-state index contributed by atoms with van der Waals surface area (Å²) in [6.07, 6.45) is 1.07. The molecule has 1 saturated heterocycles. The first-order chi connectivity index (χ1) is 13.2. The first-order valence-corrected chi connectivity index (χ1v) is 8.20. The highest BCUT2D eigenvalue weighted by atomic mass is 35.5. The van der Waals surface area contributed by atoms with E-state index in [4.69, 9.17) is 11.6 Å². The Balaban J connectivity index is 2.05. The number of carbonyl (C=O) groups excluding carboxylic acids is 3. The first-order valence-electron chi connectivity index (χ1n) is 7.82. The molecule has 1 aliphatic rings. The maximum Gasteiger partial charge on any atom is 0.335 e. The highest BCUT2D eigenvalue weighted by Crippen LogP contribution is 2.28. The summed E-state index contributed by atoms with van der Waals surface area (Å²) in [5.74, 6) is -2.70. The number of halogens is 1. The number of imide groups is 2. The summed E-state index contributed by atoms with van der Waals surface area (Å²) in [5, 5.41) is 24.8. The van der Waals surface area contributed by atoms with Crippen LogP contribution in [0.4, 0.5) is 16.2 Å². The number of benzene rings is 2. The number of barbiturate groups is 1. The molecule has 0 atom stereocenters. The highest BCUT2D eigenvalue weighted by molar-refractivity contribution is 6.39. The van der Waals surface area contributed by atoms with Crippen molar-refractivity contribution in [3.8, 4) is 5.75 Å². The number of urea groups is 1. The lowest BCUT2D eigenvalue weighted by atomic mass is 10.1. The van der Waals surface area contributed by atoms with Gasteiger partial charge < -0.3 is 5.11 Å². The van der Waals surface area contributed by atoms with Gasteiger partial charge in [-0.05, 0) is 42.0 Å². The number of nitro groups is 1. The van der Waals surface area contributed by atoms with Gasteiger partial charge in [0.05, 0.1) is 10.6 Å². The third-order valence-corrected chi connectivity index (χ3v) is 4.41. The van der Waals surface area contributed by atoms with Crippen LogP contribution in [0.5, 0.6) is 5.75 Å². The van der Waals surface area contributed by atoms with Crippen molar-refractivity contribution in [1.29, 1.82) is 0 Å². The molecular weight excluding hydrogens is 390 g/mol. The lowest BCUT2D eigenvalue weighted by Gasteiger charge is -2.26. The van der Waals surface area contributed by atoms with E-state index in [-0.39, 0.29) is 11.3 Å². The molecule has 0 bridgehead atoms. The number of hydrogen-bond acceptors (Lipinski definition) is 6. The summed E-state index contributed by atoms with van der Waals surface area (Å²) in [4.78, 5) is 47.8. The molecule has 0 saturated carbocycles. The normalized spacial score (nSPS) is 15.7. The van der Waals surface area contributed by atoms with Crippen LogP contribution in [0, 0.1) is 17.0 Å². The van der Waals surface area contributed by atoms with Crippen LogP contribution in [0.3, 0.4) is 0 Å². The van der Waals surface area contributed by atoms with E-state index < -0.39 is 39.8 Å². The summed E-state index contributed by atoms with van der Waals surface area (Å²) in [6.45, 7) is 1.74. The fourth-order valence-corrected chi connectivity index (χ4v) is 2.72. The molecule has 4 amide bonds. The Kier molecular flexibility index (Phi) is 4.85. The smallest absolute Gasteiger partial charge is 0.335 e. The van der Waals surface area contributed by atoms with E-state index in [9.17, 15) is 29.6 Å². The number of carbonyl (C=O) groups is 3. The SMILES string of the molecule is Cc1ccc(N2C(=O)NC(=O)/C(=C/c3ccc([O-])c([N+](=O)[O-])c3)C2=O)cc1Cl. The van der Waals surface area contributed by atoms with Crippen molar-refractivity contribution in [2.75, 3.05) is 4.90 Å². The molecule has 0 aliphatic carbocycles. The van der Waals surface area contributed by atoms with E-state index in [0.29, 0.717) is 5.02 Å². The molecule has 3 rings (SSSR count). The number of aryl methyl sites for hydroxylation is 1. The van der Waals surface area contributed by atoms with E-state index >= 15 is 0 Å². The third kappa shape index (κ3) is 3.42. The van der Waals surface area contributed by atoms with Gasteiger partial charge in [-0.2, -0.15) is 0 Å². The van der Waals surface area contributed by atoms with E-state index in [2.05, 4.69) is 0 Å². The number of nitrogens with one attached hydrogen (secondary N) is 1. The molecule has 1 aliphatic heterocycles. The van der Waals surface area contributed by atoms with Crippen LogP contribution in [-0.4, -0.2) is 22.8 Å². The van der Waals surface area contributed by atoms with Gasteiger partial charge in [-0.25, -0.2) is 9.69 Å². The number of nitro benzene ring substituents is 1. The maximum absolute atomic E-state index is 12.8. The van der Waals surface area contributed by atoms with Crippen molar-refractivity contribution in [1.82, 2.24) is 5.32 Å². The van der Waals surface area contributed by atoms with Gasteiger partial charge in [-0.1, -0.05) is 29.8 Å². The van der Waals surface area contributed by atoms with Crippen molar-refractivity contribution in [2.45, 2.75) is 6.92 Å². The van der Waals surface area contributed by atoms with Gasteiger partial charge in [-0.3, -0.25) is 25.0 Å². The fraction of sp³-hybridized carbons (Fsp3) is 0.0556. The van der Waals surface area contributed by atoms with Gasteiger partial charge in [0.2, 0.25) is 0 Å². The van der Waals surface area contributed by atoms with Gasteiger partial charge in [0.15, 0.2) is 0 Å². The van der Waals surface area contributed by atoms with Crippen molar-refractivity contribution in [2.24, 2.45) is 0 Å². The molecule has 142 valence electrons. The van der Waals surface area contributed by atoms with E-state index in [1.54, 1.807) is 13.0 Å². The summed E-state index contributed by atoms with van der Waals surface area (Å²) >= 11 is 6.04. The quantitative estimate of drug-likeness (QED) is 0.363. The molecular formula is C18H11ClN3O6-. The first kappa shape index (κ1) is 19.1. The molecule has 1 fully saturated rings. The van der Waals surface area contributed by atoms with Gasteiger partial charge in [0, 0.05) is 11.1 Å². The second-order valence-electron chi connectivity index (χ2n) is 5.88. The Morgan fingerprint density at radius 3 is 2.50 bits per heavy atom. The van der Waals surface area contributed by atoms with Crippen molar-refractivity contribution >= 4 is 46.9 Å². The minimum atomic E-state index is -0.960. The Labute approximate surface area is 163 Å². The zero-order valence-electron chi connectivity index (χ0n) is 14.3. The number of hydrogen-bond donors (Lipinski definition) is 1. The minimum absolute atomic E-state index is 0.0843. The van der Waals surface area contributed by atoms with Crippen LogP contribution in [-0.2, 0) is 9.59 Å². The zero-order valence-corrected chi connectivity index (χ0v) is 15.0. The minimum Gasteiger partial charge on any atom is -0.868 e. The monoisotopic (exact) mass is 400 g/mol. The molecule has 2 aromatic carbocycles. The molecule has 1 heterocycles. The second-order valence-corrected chi connectivity index (χ2v) is 6.28. The fourth-order valence-electron chi connectivity index (χ4n) is 2.55. The van der Waals surface area contributed by atoms with Crippen LogP contribution >= 0.6 is 11.6 Å². The second kappa shape index (κ2) is 7.12. The Hall–Kier alpha value is -3.72. The van der Waals surface area contributed by atoms with Gasteiger partial charge >= 0.3 is 6.03 Å². The predicted molar refractivity (Wildman–Crippen MR) is 97.7 cm³/mol. The molecule has 2 aromatic rings. The average Bonchev–Trinajstić information content (AvgIpc) is 2.62. The summed E-state index contributed by atoms with van der Waals surface area (Å²) in [5.41, 5.74) is -0.161. The molecule has 0 spiro atoms. The lowest BCUT2D eigenvalue weighted by molar-refractivity contribution is -0.398. The molecule has 0 unspecified atom stereocenters. The average molecular weight is 401 g/mol. The van der Waals surface area contributed by atoms with Crippen molar-refractivity contribution < 1.29 is 24.4 Å². The topological polar surface area (TPSA) is 133 Å². The van der Waals surface area contributed by atoms with Crippen molar-refractivity contribution in [3.05, 3.63) is 68.2 Å². The van der Waals surface area contributed by atoms with Crippen LogP contribution in [0.1, 0.15) is 11.1 Å². The van der Waals surface area contributed by atoms with Crippen LogP contribution in [0.2, 0.25) is 5.02 Å². The predicted octanol–water partition coefficient (Wildman–Crippen LogP) is 2.30. The highest BCUT2D eigenvalue weighted by Gasteiger charge is 2.37. The lowest BCUT2D eigenvalue weighted by Crippen LogP contribution is -2.54. The number of nitrogens with zero attached hydrogens (tertiary/aromatic N) is 2. The molecule has 10 heteroatoms.